The van der Waals surface area contributed by atoms with Gasteiger partial charge in [0, 0.05) is 11.4 Å². The number of nitrogens with one attached hydrogen (secondary N) is 1. The second kappa shape index (κ2) is 7.78. The van der Waals surface area contributed by atoms with Crippen LogP contribution in [0.5, 0.6) is 0 Å². The van der Waals surface area contributed by atoms with E-state index in [4.69, 9.17) is 0 Å². The van der Waals surface area contributed by atoms with Gasteiger partial charge in [-0.3, -0.25) is 0 Å². The van der Waals surface area contributed by atoms with Crippen LogP contribution in [0.4, 0.5) is 0 Å². The maximum absolute atomic E-state index is 3.33. The second-order valence-corrected chi connectivity index (χ2v) is 6.17. The first-order valence-electron chi connectivity index (χ1n) is 6.52. The number of rotatable bonds is 8. The SMILES string of the molecule is CCCC(C)(CCSc1ccccc1)CNC. The molecule has 0 aliphatic heterocycles. The fraction of sp³-hybridized carbons (Fsp3) is 0.600. The summed E-state index contributed by atoms with van der Waals surface area (Å²) in [5.41, 5.74) is 0.450. The smallest absolute Gasteiger partial charge is 0.00719 e. The van der Waals surface area contributed by atoms with Crippen LogP contribution in [-0.2, 0) is 0 Å². The molecule has 0 spiro atoms. The molecule has 0 aliphatic carbocycles. The Kier molecular flexibility index (Phi) is 6.68. The molecule has 0 radical (unpaired) electrons. The van der Waals surface area contributed by atoms with Crippen LogP contribution in [0.15, 0.2) is 35.2 Å². The highest BCUT2D eigenvalue weighted by Crippen LogP contribution is 2.30. The van der Waals surface area contributed by atoms with Crippen molar-refractivity contribution in [2.24, 2.45) is 5.41 Å². The van der Waals surface area contributed by atoms with E-state index in [1.165, 1.54) is 29.9 Å². The summed E-state index contributed by atoms with van der Waals surface area (Å²) in [6.45, 7) is 5.80. The molecule has 17 heavy (non-hydrogen) atoms. The van der Waals surface area contributed by atoms with Crippen LogP contribution in [0.2, 0.25) is 0 Å². The summed E-state index contributed by atoms with van der Waals surface area (Å²) in [7, 11) is 2.05. The molecule has 1 rings (SSSR count). The molecule has 1 atom stereocenters. The molecule has 1 aromatic carbocycles. The third-order valence-electron chi connectivity index (χ3n) is 3.17. The van der Waals surface area contributed by atoms with Crippen LogP contribution in [0, 0.1) is 5.41 Å². The maximum atomic E-state index is 3.33. The van der Waals surface area contributed by atoms with Crippen LogP contribution < -0.4 is 5.32 Å². The summed E-state index contributed by atoms with van der Waals surface area (Å²) in [5.74, 6) is 1.21. The predicted molar refractivity (Wildman–Crippen MR) is 78.7 cm³/mol. The molecule has 0 saturated heterocycles. The van der Waals surface area contributed by atoms with Gasteiger partial charge in [0.1, 0.15) is 0 Å². The quantitative estimate of drug-likeness (QED) is 0.695. The molecule has 0 aromatic heterocycles. The Bertz CT molecular complexity index is 291. The molecule has 0 fully saturated rings. The normalized spacial score (nSPS) is 14.5. The lowest BCUT2D eigenvalue weighted by molar-refractivity contribution is 0.276. The molecule has 0 aliphatic rings. The monoisotopic (exact) mass is 251 g/mol. The van der Waals surface area contributed by atoms with E-state index in [-0.39, 0.29) is 0 Å². The lowest BCUT2D eigenvalue weighted by Crippen LogP contribution is -2.30. The molecule has 96 valence electrons. The van der Waals surface area contributed by atoms with E-state index >= 15 is 0 Å². The average molecular weight is 251 g/mol. The lowest BCUT2D eigenvalue weighted by atomic mass is 9.83. The van der Waals surface area contributed by atoms with Gasteiger partial charge in [-0.15, -0.1) is 11.8 Å². The minimum atomic E-state index is 0.450. The van der Waals surface area contributed by atoms with Crippen molar-refractivity contribution in [1.29, 1.82) is 0 Å². The molecular weight excluding hydrogens is 226 g/mol. The van der Waals surface area contributed by atoms with E-state index in [0.29, 0.717) is 5.41 Å². The lowest BCUT2D eigenvalue weighted by Gasteiger charge is -2.29. The minimum absolute atomic E-state index is 0.450. The van der Waals surface area contributed by atoms with Crippen molar-refractivity contribution in [3.63, 3.8) is 0 Å². The topological polar surface area (TPSA) is 12.0 Å². The molecule has 0 saturated carbocycles. The fourth-order valence-electron chi connectivity index (χ4n) is 2.26. The molecule has 1 N–H and O–H groups in total. The predicted octanol–water partition coefficient (Wildman–Crippen LogP) is 4.19. The summed E-state index contributed by atoms with van der Waals surface area (Å²) in [6.07, 6.45) is 3.86. The van der Waals surface area contributed by atoms with E-state index in [1.54, 1.807) is 0 Å². The van der Waals surface area contributed by atoms with Gasteiger partial charge in [0.2, 0.25) is 0 Å². The third-order valence-corrected chi connectivity index (χ3v) is 4.19. The van der Waals surface area contributed by atoms with Gasteiger partial charge < -0.3 is 5.32 Å². The van der Waals surface area contributed by atoms with Gasteiger partial charge >= 0.3 is 0 Å². The molecule has 1 aromatic rings. The molecule has 0 bridgehead atoms. The number of benzene rings is 1. The Morgan fingerprint density at radius 1 is 1.18 bits per heavy atom. The van der Waals surface area contributed by atoms with Crippen molar-refractivity contribution in [2.45, 2.75) is 38.0 Å². The van der Waals surface area contributed by atoms with Crippen LogP contribution in [0.1, 0.15) is 33.1 Å². The van der Waals surface area contributed by atoms with Gasteiger partial charge in [0.05, 0.1) is 0 Å². The average Bonchev–Trinajstić information content (AvgIpc) is 2.31. The maximum Gasteiger partial charge on any atom is 0.00719 e. The van der Waals surface area contributed by atoms with Crippen molar-refractivity contribution < 1.29 is 0 Å². The highest BCUT2D eigenvalue weighted by Gasteiger charge is 2.21. The zero-order valence-electron chi connectivity index (χ0n) is 11.3. The zero-order valence-corrected chi connectivity index (χ0v) is 12.1. The van der Waals surface area contributed by atoms with Crippen LogP contribution >= 0.6 is 11.8 Å². The van der Waals surface area contributed by atoms with E-state index in [2.05, 4.69) is 56.5 Å². The first kappa shape index (κ1) is 14.6. The second-order valence-electron chi connectivity index (χ2n) is 5.00. The summed E-state index contributed by atoms with van der Waals surface area (Å²) in [5, 5.41) is 3.33. The molecule has 1 nitrogen and oxygen atoms in total. The van der Waals surface area contributed by atoms with Gasteiger partial charge in [-0.1, -0.05) is 38.5 Å². The molecule has 0 heterocycles. The fourth-order valence-corrected chi connectivity index (χ4v) is 3.44. The van der Waals surface area contributed by atoms with Crippen LogP contribution in [0.3, 0.4) is 0 Å². The first-order valence-corrected chi connectivity index (χ1v) is 7.51. The zero-order chi connectivity index (χ0) is 12.6. The summed E-state index contributed by atoms with van der Waals surface area (Å²) < 4.78 is 0. The van der Waals surface area contributed by atoms with Crippen molar-refractivity contribution in [1.82, 2.24) is 5.32 Å². The van der Waals surface area contributed by atoms with Gasteiger partial charge in [0.15, 0.2) is 0 Å². The summed E-state index contributed by atoms with van der Waals surface area (Å²) in [6, 6.07) is 10.7. The molecular formula is C15H25NS. The van der Waals surface area contributed by atoms with E-state index in [0.717, 1.165) is 6.54 Å². The molecule has 1 unspecified atom stereocenters. The van der Waals surface area contributed by atoms with Crippen molar-refractivity contribution in [3.05, 3.63) is 30.3 Å². The minimum Gasteiger partial charge on any atom is -0.319 e. The Labute approximate surface area is 110 Å². The first-order chi connectivity index (χ1) is 8.20. The standard InChI is InChI=1S/C15H25NS/c1-4-10-15(2,13-16-3)11-12-17-14-8-6-5-7-9-14/h5-9,16H,4,10-13H2,1-3H3. The van der Waals surface area contributed by atoms with Gasteiger partial charge in [-0.2, -0.15) is 0 Å². The Balaban J connectivity index is 2.37. The summed E-state index contributed by atoms with van der Waals surface area (Å²) in [4.78, 5) is 1.39. The summed E-state index contributed by atoms with van der Waals surface area (Å²) >= 11 is 1.97. The van der Waals surface area contributed by atoms with Crippen molar-refractivity contribution in [3.8, 4) is 0 Å². The number of hydrogen-bond donors (Lipinski definition) is 1. The third kappa shape index (κ3) is 5.60. The van der Waals surface area contributed by atoms with E-state index < -0.39 is 0 Å². The van der Waals surface area contributed by atoms with E-state index in [1.807, 2.05) is 11.8 Å². The van der Waals surface area contributed by atoms with Gasteiger partial charge in [-0.25, -0.2) is 0 Å². The van der Waals surface area contributed by atoms with Gasteiger partial charge in [0.25, 0.3) is 0 Å². The van der Waals surface area contributed by atoms with Crippen molar-refractivity contribution >= 4 is 11.8 Å². The Morgan fingerprint density at radius 3 is 2.47 bits per heavy atom. The molecule has 2 heteroatoms. The van der Waals surface area contributed by atoms with Crippen LogP contribution in [0.25, 0.3) is 0 Å². The number of hydrogen-bond acceptors (Lipinski definition) is 2. The number of thioether (sulfide) groups is 1. The Hall–Kier alpha value is -0.470. The highest BCUT2D eigenvalue weighted by molar-refractivity contribution is 7.99. The van der Waals surface area contributed by atoms with E-state index in [9.17, 15) is 0 Å². The van der Waals surface area contributed by atoms with Crippen molar-refractivity contribution in [2.75, 3.05) is 19.3 Å². The largest absolute Gasteiger partial charge is 0.319 e. The Morgan fingerprint density at radius 2 is 1.88 bits per heavy atom. The highest BCUT2D eigenvalue weighted by atomic mass is 32.2. The van der Waals surface area contributed by atoms with Gasteiger partial charge in [-0.05, 0) is 43.2 Å². The molecule has 0 amide bonds. The van der Waals surface area contributed by atoms with Crippen LogP contribution in [-0.4, -0.2) is 19.3 Å².